The topological polar surface area (TPSA) is 38.0 Å². The molecule has 2 nitrogen and oxygen atoms in total. The average Bonchev–Trinajstić information content (AvgIpc) is 2.17. The maximum atomic E-state index is 6.12. The summed E-state index contributed by atoms with van der Waals surface area (Å²) in [4.78, 5) is 0. The molecule has 0 aliphatic carbocycles. The lowest BCUT2D eigenvalue weighted by atomic mass is 9.83. The number of hydrogen-bond acceptors (Lipinski definition) is 2. The predicted molar refractivity (Wildman–Crippen MR) is 70.7 cm³/mol. The largest absolute Gasteiger partial charge is 0.271 e. The van der Waals surface area contributed by atoms with Crippen LogP contribution in [-0.4, -0.2) is 6.04 Å². The van der Waals surface area contributed by atoms with Crippen molar-refractivity contribution >= 4 is 23.2 Å². The average molecular weight is 261 g/mol. The fraction of sp³-hybridized carbons (Fsp3) is 0.500. The summed E-state index contributed by atoms with van der Waals surface area (Å²) in [6, 6.07) is 5.65. The Morgan fingerprint density at radius 2 is 1.94 bits per heavy atom. The first kappa shape index (κ1) is 13.8. The lowest BCUT2D eigenvalue weighted by Crippen LogP contribution is -2.45. The highest BCUT2D eigenvalue weighted by atomic mass is 35.5. The summed E-state index contributed by atoms with van der Waals surface area (Å²) in [5, 5.41) is 1.43. The molecule has 0 fully saturated rings. The summed E-state index contributed by atoms with van der Waals surface area (Å²) in [7, 11) is 0. The highest BCUT2D eigenvalue weighted by Crippen LogP contribution is 2.27. The number of hydrogen-bond donors (Lipinski definition) is 2. The zero-order chi connectivity index (χ0) is 12.3. The molecule has 1 unspecified atom stereocenters. The third kappa shape index (κ3) is 3.63. The molecule has 0 bridgehead atoms. The molecule has 0 aromatic heterocycles. The fourth-order valence-corrected chi connectivity index (χ4v) is 1.92. The van der Waals surface area contributed by atoms with Crippen molar-refractivity contribution < 1.29 is 0 Å². The van der Waals surface area contributed by atoms with E-state index in [2.05, 4.69) is 26.2 Å². The first-order valence-electron chi connectivity index (χ1n) is 5.24. The molecule has 1 aromatic rings. The van der Waals surface area contributed by atoms with Gasteiger partial charge in [0.2, 0.25) is 0 Å². The number of hydrazine groups is 1. The van der Waals surface area contributed by atoms with Gasteiger partial charge in [-0.15, -0.1) is 0 Å². The van der Waals surface area contributed by atoms with Crippen molar-refractivity contribution in [2.45, 2.75) is 33.2 Å². The summed E-state index contributed by atoms with van der Waals surface area (Å²) in [5.41, 5.74) is 3.93. The van der Waals surface area contributed by atoms with Gasteiger partial charge in [-0.1, -0.05) is 44.0 Å². The minimum atomic E-state index is 0.0698. The van der Waals surface area contributed by atoms with Gasteiger partial charge in [0.25, 0.3) is 0 Å². The molecule has 0 heterocycles. The van der Waals surface area contributed by atoms with E-state index in [-0.39, 0.29) is 11.5 Å². The fourth-order valence-electron chi connectivity index (χ4n) is 1.53. The van der Waals surface area contributed by atoms with Gasteiger partial charge >= 0.3 is 0 Å². The van der Waals surface area contributed by atoms with Gasteiger partial charge in [0.05, 0.1) is 0 Å². The van der Waals surface area contributed by atoms with E-state index < -0.39 is 0 Å². The Hall–Kier alpha value is -0.280. The Kier molecular flexibility index (Phi) is 4.62. The lowest BCUT2D eigenvalue weighted by Gasteiger charge is -2.30. The van der Waals surface area contributed by atoms with Gasteiger partial charge in [0.15, 0.2) is 0 Å². The smallest absolute Gasteiger partial charge is 0.0439 e. The minimum Gasteiger partial charge on any atom is -0.271 e. The zero-order valence-electron chi connectivity index (χ0n) is 9.85. The van der Waals surface area contributed by atoms with Gasteiger partial charge < -0.3 is 0 Å². The highest BCUT2D eigenvalue weighted by Gasteiger charge is 2.24. The number of halogens is 2. The minimum absolute atomic E-state index is 0.0698. The van der Waals surface area contributed by atoms with Crippen LogP contribution in [0.3, 0.4) is 0 Å². The third-order valence-electron chi connectivity index (χ3n) is 2.68. The van der Waals surface area contributed by atoms with Crippen LogP contribution in [0.4, 0.5) is 0 Å². The quantitative estimate of drug-likeness (QED) is 0.646. The van der Waals surface area contributed by atoms with E-state index in [1.807, 2.05) is 12.1 Å². The molecule has 0 spiro atoms. The Morgan fingerprint density at radius 3 is 2.44 bits per heavy atom. The van der Waals surface area contributed by atoms with Crippen molar-refractivity contribution in [3.63, 3.8) is 0 Å². The Bertz CT molecular complexity index is 359. The molecule has 0 saturated heterocycles. The van der Waals surface area contributed by atoms with Gasteiger partial charge in [-0.25, -0.2) is 0 Å². The molecule has 1 atom stereocenters. The van der Waals surface area contributed by atoms with E-state index in [4.69, 9.17) is 29.0 Å². The molecule has 0 amide bonds. The van der Waals surface area contributed by atoms with Crippen LogP contribution >= 0.6 is 23.2 Å². The van der Waals surface area contributed by atoms with E-state index >= 15 is 0 Å². The number of rotatable bonds is 3. The number of nitrogens with two attached hydrogens (primary N) is 1. The maximum Gasteiger partial charge on any atom is 0.0439 e. The second-order valence-electron chi connectivity index (χ2n) is 5.03. The molecule has 4 heteroatoms. The summed E-state index contributed by atoms with van der Waals surface area (Å²) < 4.78 is 0. The lowest BCUT2D eigenvalue weighted by molar-refractivity contribution is 0.269. The van der Waals surface area contributed by atoms with Gasteiger partial charge in [0, 0.05) is 16.1 Å². The van der Waals surface area contributed by atoms with Crippen LogP contribution in [0.1, 0.15) is 26.3 Å². The highest BCUT2D eigenvalue weighted by molar-refractivity contribution is 6.33. The summed E-state index contributed by atoms with van der Waals surface area (Å²) in [6.07, 6.45) is 0.763. The SMILES string of the molecule is CC(C)(C)C(Cc1cc(Cl)ccc1Cl)NN. The standard InChI is InChI=1S/C12H18Cl2N2/c1-12(2,3)11(16-15)7-8-6-9(13)4-5-10(8)14/h4-6,11,16H,7,15H2,1-3H3. The van der Waals surface area contributed by atoms with Crippen LogP contribution in [0.25, 0.3) is 0 Å². The first-order valence-corrected chi connectivity index (χ1v) is 6.00. The normalized spacial score (nSPS) is 13.9. The Balaban J connectivity index is 2.90. The van der Waals surface area contributed by atoms with Crippen molar-refractivity contribution in [2.75, 3.05) is 0 Å². The van der Waals surface area contributed by atoms with Crippen LogP contribution in [0.2, 0.25) is 10.0 Å². The maximum absolute atomic E-state index is 6.12. The van der Waals surface area contributed by atoms with Crippen molar-refractivity contribution in [1.29, 1.82) is 0 Å². The molecule has 0 aliphatic heterocycles. The molecular formula is C12H18Cl2N2. The van der Waals surface area contributed by atoms with Crippen LogP contribution in [-0.2, 0) is 6.42 Å². The van der Waals surface area contributed by atoms with Gasteiger partial charge in [-0.05, 0) is 35.6 Å². The van der Waals surface area contributed by atoms with Crippen LogP contribution < -0.4 is 11.3 Å². The monoisotopic (exact) mass is 260 g/mol. The van der Waals surface area contributed by atoms with Crippen molar-refractivity contribution in [3.05, 3.63) is 33.8 Å². The van der Waals surface area contributed by atoms with Gasteiger partial charge in [0.1, 0.15) is 0 Å². The summed E-state index contributed by atoms with van der Waals surface area (Å²) >= 11 is 12.1. The van der Waals surface area contributed by atoms with Crippen LogP contribution in [0, 0.1) is 5.41 Å². The zero-order valence-corrected chi connectivity index (χ0v) is 11.4. The summed E-state index contributed by atoms with van der Waals surface area (Å²) in [6.45, 7) is 6.40. The van der Waals surface area contributed by atoms with E-state index in [1.165, 1.54) is 0 Å². The molecule has 90 valence electrons. The molecule has 0 radical (unpaired) electrons. The molecule has 1 rings (SSSR count). The Morgan fingerprint density at radius 1 is 1.31 bits per heavy atom. The molecule has 16 heavy (non-hydrogen) atoms. The number of nitrogens with one attached hydrogen (secondary N) is 1. The van der Waals surface area contributed by atoms with Crippen LogP contribution in [0.5, 0.6) is 0 Å². The van der Waals surface area contributed by atoms with Crippen molar-refractivity contribution in [1.82, 2.24) is 5.43 Å². The second-order valence-corrected chi connectivity index (χ2v) is 5.87. The van der Waals surface area contributed by atoms with Crippen LogP contribution in [0.15, 0.2) is 18.2 Å². The molecular weight excluding hydrogens is 243 g/mol. The van der Waals surface area contributed by atoms with E-state index in [0.717, 1.165) is 17.0 Å². The van der Waals surface area contributed by atoms with E-state index in [9.17, 15) is 0 Å². The molecule has 1 aromatic carbocycles. The second kappa shape index (κ2) is 5.37. The predicted octanol–water partition coefficient (Wildman–Crippen LogP) is 3.41. The van der Waals surface area contributed by atoms with Crippen molar-refractivity contribution in [2.24, 2.45) is 11.3 Å². The Labute approximate surface area is 107 Å². The van der Waals surface area contributed by atoms with Crippen molar-refractivity contribution in [3.8, 4) is 0 Å². The third-order valence-corrected chi connectivity index (χ3v) is 3.28. The first-order chi connectivity index (χ1) is 7.34. The summed E-state index contributed by atoms with van der Waals surface area (Å²) in [5.74, 6) is 5.57. The van der Waals surface area contributed by atoms with E-state index in [1.54, 1.807) is 6.07 Å². The molecule has 0 aliphatic rings. The van der Waals surface area contributed by atoms with Gasteiger partial charge in [-0.3, -0.25) is 11.3 Å². The number of benzene rings is 1. The van der Waals surface area contributed by atoms with E-state index in [0.29, 0.717) is 5.02 Å². The van der Waals surface area contributed by atoms with Gasteiger partial charge in [-0.2, -0.15) is 0 Å². The molecule has 0 saturated carbocycles. The molecule has 3 N–H and O–H groups in total.